The highest BCUT2D eigenvalue weighted by Gasteiger charge is 2.30. The Kier molecular flexibility index (Phi) is 6.79. The molecule has 0 saturated carbocycles. The smallest absolute Gasteiger partial charge is 0.355 e. The fraction of sp³-hybridized carbons (Fsp3) is 0.286. The van der Waals surface area contributed by atoms with E-state index >= 15 is 0 Å². The molecule has 1 fully saturated rings. The summed E-state index contributed by atoms with van der Waals surface area (Å²) in [4.78, 5) is 42.0. The molecule has 38 heavy (non-hydrogen) atoms. The SMILES string of the molecule is C=CC(=O)N1CCN(c2nc(=O)n(-c3c[nH]cc3C(C)C)c3nc(-c4ccccc4F)c(Cl)cc23)C(C)C1. The lowest BCUT2D eigenvalue weighted by Gasteiger charge is -2.40. The van der Waals surface area contributed by atoms with Crippen LogP contribution in [0.15, 0.2) is 60.2 Å². The Balaban J connectivity index is 1.76. The Bertz CT molecular complexity index is 1610. The lowest BCUT2D eigenvalue weighted by Crippen LogP contribution is -2.54. The summed E-state index contributed by atoms with van der Waals surface area (Å²) >= 11 is 6.71. The summed E-state index contributed by atoms with van der Waals surface area (Å²) in [7, 11) is 0. The number of fused-ring (bicyclic) bond motifs is 1. The molecule has 10 heteroatoms. The second-order valence-corrected chi connectivity index (χ2v) is 10.1. The summed E-state index contributed by atoms with van der Waals surface area (Å²) in [5.74, 6) is -0.0644. The number of hydrogen-bond donors (Lipinski definition) is 1. The van der Waals surface area contributed by atoms with Gasteiger partial charge in [-0.3, -0.25) is 4.79 Å². The molecule has 196 valence electrons. The number of piperazine rings is 1. The molecule has 8 nitrogen and oxygen atoms in total. The summed E-state index contributed by atoms with van der Waals surface area (Å²) < 4.78 is 16.3. The fourth-order valence-electron chi connectivity index (χ4n) is 5.01. The van der Waals surface area contributed by atoms with Gasteiger partial charge in [0.15, 0.2) is 5.65 Å². The normalized spacial score (nSPS) is 15.9. The number of hydrogen-bond acceptors (Lipinski definition) is 5. The molecule has 0 bridgehead atoms. The van der Waals surface area contributed by atoms with E-state index in [1.54, 1.807) is 35.4 Å². The minimum absolute atomic E-state index is 0.117. The topological polar surface area (TPSA) is 87.1 Å². The maximum absolute atomic E-state index is 14.8. The minimum Gasteiger partial charge on any atom is -0.366 e. The maximum Gasteiger partial charge on any atom is 0.355 e. The Labute approximate surface area is 224 Å². The van der Waals surface area contributed by atoms with Crippen molar-refractivity contribution in [1.82, 2.24) is 24.4 Å². The largest absolute Gasteiger partial charge is 0.366 e. The number of H-pyrrole nitrogens is 1. The molecule has 4 aromatic rings. The Hall–Kier alpha value is -3.98. The zero-order chi connectivity index (χ0) is 27.1. The van der Waals surface area contributed by atoms with E-state index in [2.05, 4.69) is 16.5 Å². The van der Waals surface area contributed by atoms with Gasteiger partial charge >= 0.3 is 5.69 Å². The Morgan fingerprint density at radius 1 is 1.24 bits per heavy atom. The van der Waals surface area contributed by atoms with Crippen molar-refractivity contribution < 1.29 is 9.18 Å². The van der Waals surface area contributed by atoms with Crippen molar-refractivity contribution in [2.75, 3.05) is 24.5 Å². The maximum atomic E-state index is 14.8. The molecule has 5 rings (SSSR count). The molecule has 1 saturated heterocycles. The van der Waals surface area contributed by atoms with E-state index in [-0.39, 0.29) is 34.1 Å². The third-order valence-electron chi connectivity index (χ3n) is 6.93. The molecule has 0 spiro atoms. The number of nitrogens with zero attached hydrogens (tertiary/aromatic N) is 5. The van der Waals surface area contributed by atoms with Gasteiger partial charge in [-0.05, 0) is 42.7 Å². The van der Waals surface area contributed by atoms with Gasteiger partial charge in [0.2, 0.25) is 5.91 Å². The van der Waals surface area contributed by atoms with E-state index in [4.69, 9.17) is 16.6 Å². The number of pyridine rings is 1. The van der Waals surface area contributed by atoms with E-state index in [0.717, 1.165) is 5.56 Å². The standard InChI is InChI=1S/C28H28ClFN6O2/c1-5-24(37)34-10-11-35(17(4)15-34)26-19-12-21(29)25(18-8-6-7-9-22(18)30)32-27(19)36(28(38)33-26)23-14-31-13-20(23)16(2)3/h5-9,12-14,16-17,31H,1,10-11,15H2,2-4H3. The van der Waals surface area contributed by atoms with Crippen molar-refractivity contribution in [3.05, 3.63) is 82.3 Å². The van der Waals surface area contributed by atoms with E-state index in [1.807, 2.05) is 31.9 Å². The van der Waals surface area contributed by atoms with Crippen LogP contribution in [0.1, 0.15) is 32.3 Å². The first kappa shape index (κ1) is 25.7. The average Bonchev–Trinajstić information content (AvgIpc) is 3.38. The molecule has 0 aliphatic carbocycles. The van der Waals surface area contributed by atoms with Crippen molar-refractivity contribution in [1.29, 1.82) is 0 Å². The van der Waals surface area contributed by atoms with E-state index < -0.39 is 11.5 Å². The van der Waals surface area contributed by atoms with Gasteiger partial charge in [-0.1, -0.05) is 44.2 Å². The lowest BCUT2D eigenvalue weighted by molar-refractivity contribution is -0.126. The predicted molar refractivity (Wildman–Crippen MR) is 148 cm³/mol. The number of aromatic amines is 1. The number of rotatable bonds is 5. The average molecular weight is 535 g/mol. The number of carbonyl (C=O) groups is 1. The molecule has 1 unspecified atom stereocenters. The van der Waals surface area contributed by atoms with Crippen LogP contribution < -0.4 is 10.6 Å². The quantitative estimate of drug-likeness (QED) is 0.367. The third-order valence-corrected chi connectivity index (χ3v) is 7.22. The zero-order valence-corrected chi connectivity index (χ0v) is 22.2. The van der Waals surface area contributed by atoms with Crippen molar-refractivity contribution in [3.63, 3.8) is 0 Å². The summed E-state index contributed by atoms with van der Waals surface area (Å²) in [5.41, 5.74) is 1.81. The summed E-state index contributed by atoms with van der Waals surface area (Å²) in [5, 5.41) is 0.795. The molecule has 3 aromatic heterocycles. The van der Waals surface area contributed by atoms with Crippen LogP contribution in [0.2, 0.25) is 5.02 Å². The summed E-state index contributed by atoms with van der Waals surface area (Å²) in [6.45, 7) is 11.0. The molecular formula is C28H28ClFN6O2. The van der Waals surface area contributed by atoms with Crippen LogP contribution in [0, 0.1) is 5.82 Å². The monoisotopic (exact) mass is 534 g/mol. The Morgan fingerprint density at radius 2 is 2.00 bits per heavy atom. The highest BCUT2D eigenvalue weighted by molar-refractivity contribution is 6.33. The second-order valence-electron chi connectivity index (χ2n) is 9.70. The molecule has 0 radical (unpaired) electrons. The van der Waals surface area contributed by atoms with Crippen LogP contribution in [-0.4, -0.2) is 56.0 Å². The van der Waals surface area contributed by atoms with Gasteiger partial charge in [0.25, 0.3) is 0 Å². The molecule has 1 amide bonds. The summed E-state index contributed by atoms with van der Waals surface area (Å²) in [6, 6.07) is 7.81. The highest BCUT2D eigenvalue weighted by Crippen LogP contribution is 2.35. The Morgan fingerprint density at radius 3 is 2.68 bits per heavy atom. The predicted octanol–water partition coefficient (Wildman–Crippen LogP) is 4.91. The van der Waals surface area contributed by atoms with Crippen LogP contribution >= 0.6 is 11.6 Å². The second kappa shape index (κ2) is 10.1. The van der Waals surface area contributed by atoms with Gasteiger partial charge in [0, 0.05) is 43.6 Å². The van der Waals surface area contributed by atoms with Gasteiger partial charge < -0.3 is 14.8 Å². The number of benzene rings is 1. The number of amides is 1. The number of aromatic nitrogens is 4. The van der Waals surface area contributed by atoms with Crippen LogP contribution in [0.5, 0.6) is 0 Å². The van der Waals surface area contributed by atoms with Gasteiger partial charge in [-0.25, -0.2) is 18.7 Å². The summed E-state index contributed by atoms with van der Waals surface area (Å²) in [6.07, 6.45) is 4.88. The zero-order valence-electron chi connectivity index (χ0n) is 21.4. The van der Waals surface area contributed by atoms with Crippen LogP contribution in [0.4, 0.5) is 10.2 Å². The molecular weight excluding hydrogens is 507 g/mol. The van der Waals surface area contributed by atoms with E-state index in [9.17, 15) is 14.0 Å². The molecule has 1 aromatic carbocycles. The van der Waals surface area contributed by atoms with Crippen molar-refractivity contribution in [2.45, 2.75) is 32.7 Å². The first-order chi connectivity index (χ1) is 18.2. The van der Waals surface area contributed by atoms with Crippen LogP contribution in [0.3, 0.4) is 0 Å². The molecule has 1 aliphatic rings. The third kappa shape index (κ3) is 4.36. The van der Waals surface area contributed by atoms with E-state index in [1.165, 1.54) is 16.7 Å². The molecule has 1 N–H and O–H groups in total. The van der Waals surface area contributed by atoms with Crippen molar-refractivity contribution >= 4 is 34.4 Å². The minimum atomic E-state index is -0.514. The fourth-order valence-corrected chi connectivity index (χ4v) is 5.26. The van der Waals surface area contributed by atoms with Crippen LogP contribution in [0.25, 0.3) is 28.0 Å². The highest BCUT2D eigenvalue weighted by atomic mass is 35.5. The van der Waals surface area contributed by atoms with Crippen molar-refractivity contribution in [2.24, 2.45) is 0 Å². The van der Waals surface area contributed by atoms with Gasteiger partial charge in [0.05, 0.1) is 21.8 Å². The molecule has 4 heterocycles. The molecule has 1 atom stereocenters. The number of halogens is 2. The number of nitrogens with one attached hydrogen (secondary N) is 1. The first-order valence-corrected chi connectivity index (χ1v) is 12.8. The van der Waals surface area contributed by atoms with Gasteiger partial charge in [0.1, 0.15) is 11.6 Å². The van der Waals surface area contributed by atoms with Crippen molar-refractivity contribution in [3.8, 4) is 16.9 Å². The number of carbonyl (C=O) groups excluding carboxylic acids is 1. The molecule has 1 aliphatic heterocycles. The van der Waals surface area contributed by atoms with E-state index in [0.29, 0.717) is 42.2 Å². The number of anilines is 1. The van der Waals surface area contributed by atoms with Gasteiger partial charge in [-0.15, -0.1) is 0 Å². The first-order valence-electron chi connectivity index (χ1n) is 12.4. The van der Waals surface area contributed by atoms with Gasteiger partial charge in [-0.2, -0.15) is 4.98 Å². The lowest BCUT2D eigenvalue weighted by atomic mass is 10.1. The van der Waals surface area contributed by atoms with Crippen LogP contribution in [-0.2, 0) is 4.79 Å².